The third kappa shape index (κ3) is 5.62. The second-order valence-corrected chi connectivity index (χ2v) is 6.95. The van der Waals surface area contributed by atoms with Crippen LogP contribution in [0.15, 0.2) is 24.3 Å². The summed E-state index contributed by atoms with van der Waals surface area (Å²) >= 11 is 0. The molecule has 1 unspecified atom stereocenters. The van der Waals surface area contributed by atoms with Gasteiger partial charge in [0, 0.05) is 32.1 Å². The van der Waals surface area contributed by atoms with Gasteiger partial charge in [0.05, 0.1) is 12.6 Å². The predicted octanol–water partition coefficient (Wildman–Crippen LogP) is 3.44. The van der Waals surface area contributed by atoms with Crippen molar-refractivity contribution < 1.29 is 14.3 Å². The maximum atomic E-state index is 12.7. The molecule has 1 aromatic rings. The Labute approximate surface area is 162 Å². The van der Waals surface area contributed by atoms with Crippen molar-refractivity contribution in [2.45, 2.75) is 46.6 Å². The normalized spacial score (nSPS) is 15.9. The zero-order chi connectivity index (χ0) is 19.8. The molecule has 1 N–H and O–H groups in total. The molecule has 0 aliphatic carbocycles. The minimum absolute atomic E-state index is 0.0386. The summed E-state index contributed by atoms with van der Waals surface area (Å²) < 4.78 is 5.54. The number of amides is 3. The van der Waals surface area contributed by atoms with E-state index in [4.69, 9.17) is 4.74 Å². The molecule has 150 valence electrons. The largest absolute Gasteiger partial charge is 0.494 e. The molecule has 0 radical (unpaired) electrons. The topological polar surface area (TPSA) is 61.9 Å². The summed E-state index contributed by atoms with van der Waals surface area (Å²) in [6, 6.07) is 7.84. The van der Waals surface area contributed by atoms with Crippen molar-refractivity contribution in [1.29, 1.82) is 0 Å². The van der Waals surface area contributed by atoms with E-state index in [2.05, 4.69) is 5.32 Å². The highest BCUT2D eigenvalue weighted by Crippen LogP contribution is 2.22. The Balaban J connectivity index is 1.87. The van der Waals surface area contributed by atoms with Gasteiger partial charge in [-0.3, -0.25) is 4.79 Å². The van der Waals surface area contributed by atoms with Gasteiger partial charge in [0.25, 0.3) is 0 Å². The van der Waals surface area contributed by atoms with Crippen LogP contribution in [0.4, 0.5) is 4.79 Å². The summed E-state index contributed by atoms with van der Waals surface area (Å²) in [5.74, 6) is 0.849. The molecular weight excluding hydrogens is 342 g/mol. The lowest BCUT2D eigenvalue weighted by atomic mass is 9.95. The van der Waals surface area contributed by atoms with Crippen LogP contribution in [0.2, 0.25) is 0 Å². The van der Waals surface area contributed by atoms with E-state index in [1.807, 2.05) is 61.8 Å². The van der Waals surface area contributed by atoms with Crippen LogP contribution in [0.1, 0.15) is 52.1 Å². The van der Waals surface area contributed by atoms with E-state index < -0.39 is 0 Å². The van der Waals surface area contributed by atoms with E-state index >= 15 is 0 Å². The Kier molecular flexibility index (Phi) is 7.95. The number of carbonyl (C=O) groups excluding carboxylic acids is 2. The van der Waals surface area contributed by atoms with Crippen LogP contribution in [0, 0.1) is 5.92 Å². The van der Waals surface area contributed by atoms with Crippen molar-refractivity contribution in [2.24, 2.45) is 5.92 Å². The molecule has 1 atom stereocenters. The third-order valence-corrected chi connectivity index (χ3v) is 5.20. The quantitative estimate of drug-likeness (QED) is 0.794. The predicted molar refractivity (Wildman–Crippen MR) is 107 cm³/mol. The fourth-order valence-corrected chi connectivity index (χ4v) is 3.48. The van der Waals surface area contributed by atoms with Gasteiger partial charge in [-0.25, -0.2) is 4.79 Å². The summed E-state index contributed by atoms with van der Waals surface area (Å²) in [6.07, 6.45) is 1.43. The second-order valence-electron chi connectivity index (χ2n) is 6.95. The number of ether oxygens (including phenoxy) is 1. The molecular formula is C21H33N3O3. The molecule has 2 rings (SSSR count). The van der Waals surface area contributed by atoms with Crippen LogP contribution in [-0.2, 0) is 4.79 Å². The van der Waals surface area contributed by atoms with Gasteiger partial charge < -0.3 is 19.9 Å². The van der Waals surface area contributed by atoms with E-state index in [0.717, 1.165) is 11.3 Å². The first kappa shape index (κ1) is 21.1. The zero-order valence-electron chi connectivity index (χ0n) is 17.0. The Hall–Kier alpha value is -2.24. The molecule has 1 saturated heterocycles. The van der Waals surface area contributed by atoms with Crippen LogP contribution in [0.5, 0.6) is 5.75 Å². The van der Waals surface area contributed by atoms with Gasteiger partial charge in [-0.05, 0) is 58.2 Å². The molecule has 0 spiro atoms. The number of urea groups is 1. The fraction of sp³-hybridized carbons (Fsp3) is 0.619. The summed E-state index contributed by atoms with van der Waals surface area (Å²) in [4.78, 5) is 28.8. The van der Waals surface area contributed by atoms with Gasteiger partial charge in [0.15, 0.2) is 0 Å². The molecule has 0 bridgehead atoms. The molecule has 6 nitrogen and oxygen atoms in total. The van der Waals surface area contributed by atoms with Gasteiger partial charge in [-0.2, -0.15) is 0 Å². The molecule has 1 aliphatic rings. The molecule has 6 heteroatoms. The van der Waals surface area contributed by atoms with Crippen molar-refractivity contribution in [3.8, 4) is 5.75 Å². The van der Waals surface area contributed by atoms with Gasteiger partial charge >= 0.3 is 6.03 Å². The number of hydrogen-bond donors (Lipinski definition) is 1. The molecule has 3 amide bonds. The smallest absolute Gasteiger partial charge is 0.319 e. The maximum Gasteiger partial charge on any atom is 0.319 e. The number of likely N-dealkylation sites (tertiary alicyclic amines) is 1. The van der Waals surface area contributed by atoms with Crippen molar-refractivity contribution in [1.82, 2.24) is 15.1 Å². The van der Waals surface area contributed by atoms with Crippen molar-refractivity contribution in [3.63, 3.8) is 0 Å². The number of piperidine rings is 1. The lowest BCUT2D eigenvalue weighted by molar-refractivity contribution is -0.127. The highest BCUT2D eigenvalue weighted by Gasteiger charge is 2.29. The molecule has 1 heterocycles. The third-order valence-electron chi connectivity index (χ3n) is 5.20. The highest BCUT2D eigenvalue weighted by atomic mass is 16.5. The van der Waals surface area contributed by atoms with Gasteiger partial charge in [0.1, 0.15) is 5.75 Å². The maximum absolute atomic E-state index is 12.7. The summed E-state index contributed by atoms with van der Waals surface area (Å²) in [5, 5.41) is 3.12. The Morgan fingerprint density at radius 3 is 2.48 bits per heavy atom. The minimum atomic E-state index is -0.0757. The summed E-state index contributed by atoms with van der Waals surface area (Å²) in [7, 11) is 0. The average Bonchev–Trinajstić information content (AvgIpc) is 2.69. The summed E-state index contributed by atoms with van der Waals surface area (Å²) in [6.45, 7) is 11.3. The van der Waals surface area contributed by atoms with E-state index in [0.29, 0.717) is 45.6 Å². The van der Waals surface area contributed by atoms with Crippen LogP contribution in [-0.4, -0.2) is 54.5 Å². The number of benzene rings is 1. The van der Waals surface area contributed by atoms with Crippen LogP contribution < -0.4 is 10.1 Å². The lowest BCUT2D eigenvalue weighted by Gasteiger charge is -2.35. The minimum Gasteiger partial charge on any atom is -0.494 e. The lowest BCUT2D eigenvalue weighted by Crippen LogP contribution is -2.48. The number of rotatable bonds is 7. The fourth-order valence-electron chi connectivity index (χ4n) is 3.48. The molecule has 0 saturated carbocycles. The Bertz CT molecular complexity index is 623. The van der Waals surface area contributed by atoms with Crippen LogP contribution in [0.3, 0.4) is 0 Å². The summed E-state index contributed by atoms with van der Waals surface area (Å²) in [5.41, 5.74) is 1.03. The molecule has 0 aromatic heterocycles. The van der Waals surface area contributed by atoms with Crippen molar-refractivity contribution in [3.05, 3.63) is 29.8 Å². The molecule has 1 aromatic carbocycles. The Morgan fingerprint density at radius 2 is 1.89 bits per heavy atom. The van der Waals surface area contributed by atoms with Gasteiger partial charge in [-0.15, -0.1) is 0 Å². The SMILES string of the molecule is CCOc1cccc(C(C)NC(=O)C2CCN(C(=O)N(CC)CC)CC2)c1. The van der Waals surface area contributed by atoms with Gasteiger partial charge in [-0.1, -0.05) is 12.1 Å². The molecule has 27 heavy (non-hydrogen) atoms. The van der Waals surface area contributed by atoms with E-state index in [1.165, 1.54) is 0 Å². The van der Waals surface area contributed by atoms with Crippen LogP contribution >= 0.6 is 0 Å². The number of hydrogen-bond acceptors (Lipinski definition) is 3. The Morgan fingerprint density at radius 1 is 1.22 bits per heavy atom. The zero-order valence-corrected chi connectivity index (χ0v) is 17.0. The van der Waals surface area contributed by atoms with Crippen LogP contribution in [0.25, 0.3) is 0 Å². The monoisotopic (exact) mass is 375 g/mol. The van der Waals surface area contributed by atoms with Crippen molar-refractivity contribution in [2.75, 3.05) is 32.8 Å². The standard InChI is InChI=1S/C21H33N3O3/c1-5-23(6-2)21(26)24-13-11-17(12-14-24)20(25)22-16(4)18-9-8-10-19(15-18)27-7-3/h8-10,15-17H,5-7,11-14H2,1-4H3,(H,22,25). The highest BCUT2D eigenvalue weighted by molar-refractivity contribution is 5.80. The van der Waals surface area contributed by atoms with E-state index in [1.54, 1.807) is 0 Å². The van der Waals surface area contributed by atoms with E-state index in [9.17, 15) is 9.59 Å². The molecule has 1 aliphatic heterocycles. The first-order valence-corrected chi connectivity index (χ1v) is 10.1. The molecule has 1 fully saturated rings. The van der Waals surface area contributed by atoms with Crippen molar-refractivity contribution >= 4 is 11.9 Å². The number of nitrogens with zero attached hydrogens (tertiary/aromatic N) is 2. The first-order chi connectivity index (χ1) is 13.0. The number of nitrogens with one attached hydrogen (secondary N) is 1. The number of carbonyl (C=O) groups is 2. The van der Waals surface area contributed by atoms with E-state index in [-0.39, 0.29) is 23.9 Å². The van der Waals surface area contributed by atoms with Gasteiger partial charge in [0.2, 0.25) is 5.91 Å². The first-order valence-electron chi connectivity index (χ1n) is 10.1. The second kappa shape index (κ2) is 10.2. The average molecular weight is 376 g/mol.